The predicted molar refractivity (Wildman–Crippen MR) is 72.2 cm³/mol. The maximum atomic E-state index is 14.1. The smallest absolute Gasteiger partial charge is 0.244 e. The van der Waals surface area contributed by atoms with Gasteiger partial charge in [0.25, 0.3) is 0 Å². The molecule has 4 nitrogen and oxygen atoms in total. The van der Waals surface area contributed by atoms with Gasteiger partial charge >= 0.3 is 66.9 Å². The molecule has 0 aliphatic carbocycles. The van der Waals surface area contributed by atoms with Crippen LogP contribution >= 0.6 is 0 Å². The van der Waals surface area contributed by atoms with E-state index < -0.39 is 89.8 Å². The topological polar surface area (TPSA) is 24.9 Å². The third-order valence-electron chi connectivity index (χ3n) is 4.53. The largest absolute Gasteiger partial charge is 0.462 e. The number of halogens is 24. The first-order chi connectivity index (χ1) is 17.4. The lowest BCUT2D eigenvalue weighted by atomic mass is 10.3. The van der Waals surface area contributed by atoms with E-state index in [0.29, 0.717) is 0 Å². The molecule has 0 saturated carbocycles. The Labute approximate surface area is 206 Å². The fraction of sp³-hybridized carbons (Fsp3) is 1.00. The van der Waals surface area contributed by atoms with E-state index in [-0.39, 0.29) is 0 Å². The van der Waals surface area contributed by atoms with Crippen LogP contribution in [0, 0.1) is 0 Å². The van der Waals surface area contributed by atoms with Crippen molar-refractivity contribution in [2.45, 2.75) is 66.9 Å². The van der Waals surface area contributed by atoms with Crippen molar-refractivity contribution in [1.82, 2.24) is 9.80 Å². The SMILES string of the molecule is FC1(F)N(C(F)(F)C(F)(F)OC(F)(F)C(F)(F)C(F)(F)F)CCN1C(F)(F)C(F)(F)OC(F)(F)C(F)(F)C(F)(F)F. The Morgan fingerprint density at radius 3 is 0.805 bits per heavy atom. The molecule has 1 saturated heterocycles. The van der Waals surface area contributed by atoms with Crippen LogP contribution in [0.5, 0.6) is 0 Å². The summed E-state index contributed by atoms with van der Waals surface area (Å²) >= 11 is 0. The van der Waals surface area contributed by atoms with Crippen LogP contribution in [0.1, 0.15) is 0 Å². The number of hydrogen-bond acceptors (Lipinski definition) is 4. The Balaban J connectivity index is 3.45. The van der Waals surface area contributed by atoms with Gasteiger partial charge in [0.2, 0.25) is 0 Å². The fourth-order valence-corrected chi connectivity index (χ4v) is 2.45. The van der Waals surface area contributed by atoms with E-state index in [4.69, 9.17) is 0 Å². The summed E-state index contributed by atoms with van der Waals surface area (Å²) in [4.78, 5) is -5.84. The lowest BCUT2D eigenvalue weighted by Gasteiger charge is -2.41. The summed E-state index contributed by atoms with van der Waals surface area (Å²) in [5.41, 5.74) is 0. The number of nitrogens with zero attached hydrogens (tertiary/aromatic N) is 2. The van der Waals surface area contributed by atoms with Crippen LogP contribution in [0.2, 0.25) is 0 Å². The van der Waals surface area contributed by atoms with Gasteiger partial charge in [0.15, 0.2) is 0 Å². The second kappa shape index (κ2) is 9.58. The standard InChI is InChI=1S/C13H4F24N2O2/c14-3(15,5(18,19)20)9(28,29)40-11(32,33)7(24,25)38-1-2-39(13(38,36)37)8(26,27)12(34,35)41-10(30,31)4(16,17)6(21,22)23/h1-2H2. The molecule has 1 heterocycles. The van der Waals surface area contributed by atoms with Gasteiger partial charge in [-0.25, -0.2) is 9.47 Å². The molecule has 0 bridgehead atoms. The van der Waals surface area contributed by atoms with Crippen LogP contribution in [0.4, 0.5) is 105 Å². The van der Waals surface area contributed by atoms with E-state index in [2.05, 4.69) is 0 Å². The second-order valence-electron chi connectivity index (χ2n) is 7.31. The molecule has 28 heteroatoms. The number of hydrogen-bond donors (Lipinski definition) is 0. The minimum atomic E-state index is -7.80. The molecule has 0 N–H and O–H groups in total. The van der Waals surface area contributed by atoms with Crippen LogP contribution < -0.4 is 0 Å². The van der Waals surface area contributed by atoms with Gasteiger partial charge in [-0.05, 0) is 0 Å². The molecule has 0 aromatic heterocycles. The average molecular weight is 676 g/mol. The van der Waals surface area contributed by atoms with Crippen LogP contribution in [-0.2, 0) is 9.47 Å². The second-order valence-corrected chi connectivity index (χ2v) is 7.31. The Morgan fingerprint density at radius 1 is 0.390 bits per heavy atom. The molecule has 0 radical (unpaired) electrons. The molecule has 246 valence electrons. The first-order valence-electron chi connectivity index (χ1n) is 8.88. The Bertz CT molecular complexity index is 878. The normalized spacial score (nSPS) is 20.2. The molecule has 41 heavy (non-hydrogen) atoms. The van der Waals surface area contributed by atoms with Crippen LogP contribution in [0.15, 0.2) is 0 Å². The highest BCUT2D eigenvalue weighted by Crippen LogP contribution is 2.57. The van der Waals surface area contributed by atoms with Crippen LogP contribution in [0.25, 0.3) is 0 Å². The van der Waals surface area contributed by atoms with Gasteiger partial charge < -0.3 is 0 Å². The van der Waals surface area contributed by atoms with Gasteiger partial charge in [-0.1, -0.05) is 0 Å². The Kier molecular flexibility index (Phi) is 8.69. The average Bonchev–Trinajstić information content (AvgIpc) is 2.99. The van der Waals surface area contributed by atoms with Crippen molar-refractivity contribution in [2.75, 3.05) is 13.1 Å². The predicted octanol–water partition coefficient (Wildman–Crippen LogP) is 7.14. The molecular formula is C13H4F24N2O2. The molecule has 1 rings (SSSR count). The fourth-order valence-electron chi connectivity index (χ4n) is 2.45. The van der Waals surface area contributed by atoms with Gasteiger partial charge in [-0.2, -0.15) is 115 Å². The molecule has 0 aromatic carbocycles. The van der Waals surface area contributed by atoms with Gasteiger partial charge in [-0.15, -0.1) is 0 Å². The molecule has 0 atom stereocenters. The lowest BCUT2D eigenvalue weighted by Crippen LogP contribution is -2.68. The van der Waals surface area contributed by atoms with Crippen LogP contribution in [0.3, 0.4) is 0 Å². The number of rotatable bonds is 10. The maximum absolute atomic E-state index is 14.1. The Morgan fingerprint density at radius 2 is 0.610 bits per heavy atom. The highest BCUT2D eigenvalue weighted by atomic mass is 19.4. The summed E-state index contributed by atoms with van der Waals surface area (Å²) in [5.74, 6) is -15.6. The Hall–Kier alpha value is -1.84. The van der Waals surface area contributed by atoms with Crippen molar-refractivity contribution in [2.24, 2.45) is 0 Å². The summed E-state index contributed by atoms with van der Waals surface area (Å²) in [6, 6.07) is -15.0. The minimum Gasteiger partial charge on any atom is -0.244 e. The summed E-state index contributed by atoms with van der Waals surface area (Å²) in [5, 5.41) is 0. The van der Waals surface area contributed by atoms with Crippen molar-refractivity contribution in [3.63, 3.8) is 0 Å². The van der Waals surface area contributed by atoms with E-state index in [0.717, 1.165) is 0 Å². The molecule has 0 spiro atoms. The van der Waals surface area contributed by atoms with Gasteiger partial charge in [0.1, 0.15) is 0 Å². The highest BCUT2D eigenvalue weighted by Gasteiger charge is 2.84. The molecule has 0 amide bonds. The first kappa shape index (κ1) is 37.2. The lowest BCUT2D eigenvalue weighted by molar-refractivity contribution is -0.528. The van der Waals surface area contributed by atoms with E-state index in [1.165, 1.54) is 9.47 Å². The van der Waals surface area contributed by atoms with Crippen molar-refractivity contribution >= 4 is 0 Å². The van der Waals surface area contributed by atoms with Gasteiger partial charge in [-0.3, -0.25) is 0 Å². The van der Waals surface area contributed by atoms with Crippen LogP contribution in [-0.4, -0.2) is 89.8 Å². The van der Waals surface area contributed by atoms with Crippen molar-refractivity contribution < 1.29 is 115 Å². The molecule has 1 aliphatic rings. The van der Waals surface area contributed by atoms with Crippen molar-refractivity contribution in [3.05, 3.63) is 0 Å². The number of ether oxygens (including phenoxy) is 2. The summed E-state index contributed by atoms with van der Waals surface area (Å²) in [6.07, 6.45) is -53.1. The summed E-state index contributed by atoms with van der Waals surface area (Å²) in [7, 11) is 0. The van der Waals surface area contributed by atoms with Crippen molar-refractivity contribution in [1.29, 1.82) is 0 Å². The molecule has 0 unspecified atom stereocenters. The maximum Gasteiger partial charge on any atom is 0.462 e. The summed E-state index contributed by atoms with van der Waals surface area (Å²) < 4.78 is 315. The van der Waals surface area contributed by atoms with E-state index in [1.54, 1.807) is 0 Å². The van der Waals surface area contributed by atoms with Gasteiger partial charge in [0, 0.05) is 13.1 Å². The van der Waals surface area contributed by atoms with E-state index in [9.17, 15) is 105 Å². The molecule has 1 fully saturated rings. The quantitative estimate of drug-likeness (QED) is 0.182. The first-order valence-corrected chi connectivity index (χ1v) is 8.88. The third-order valence-corrected chi connectivity index (χ3v) is 4.53. The van der Waals surface area contributed by atoms with Crippen molar-refractivity contribution in [3.8, 4) is 0 Å². The summed E-state index contributed by atoms with van der Waals surface area (Å²) in [6.45, 7) is -5.97. The monoisotopic (exact) mass is 676 g/mol. The van der Waals surface area contributed by atoms with E-state index in [1.807, 2.05) is 0 Å². The zero-order valence-electron chi connectivity index (χ0n) is 17.7. The zero-order valence-corrected chi connectivity index (χ0v) is 17.7. The number of alkyl halides is 24. The van der Waals surface area contributed by atoms with Gasteiger partial charge in [0.05, 0.1) is 0 Å². The molecule has 0 aromatic rings. The molecular weight excluding hydrogens is 672 g/mol. The highest BCUT2D eigenvalue weighted by molar-refractivity contribution is 4.97. The zero-order chi connectivity index (χ0) is 33.5. The molecule has 1 aliphatic heterocycles. The minimum absolute atomic E-state index is 1.38. The van der Waals surface area contributed by atoms with E-state index >= 15 is 0 Å². The third kappa shape index (κ3) is 5.75.